The van der Waals surface area contributed by atoms with Crippen molar-refractivity contribution in [1.82, 2.24) is 25.8 Å². The number of nitrogens with one attached hydrogen (secondary N) is 3. The lowest BCUT2D eigenvalue weighted by molar-refractivity contribution is -0.120. The second-order valence-electron chi connectivity index (χ2n) is 3.48. The molecule has 18 heavy (non-hydrogen) atoms. The van der Waals surface area contributed by atoms with Crippen LogP contribution in [0.15, 0.2) is 0 Å². The smallest absolute Gasteiger partial charge is 0.291 e. The molecule has 0 aromatic carbocycles. The zero-order valence-corrected chi connectivity index (χ0v) is 10.4. The number of aromatic nitrogens is 3. The van der Waals surface area contributed by atoms with E-state index >= 15 is 0 Å². The summed E-state index contributed by atoms with van der Waals surface area (Å²) in [5, 5.41) is 11.4. The Hall–Kier alpha value is -1.96. The Morgan fingerprint density at radius 2 is 2.17 bits per heavy atom. The first-order chi connectivity index (χ1) is 8.67. The molecule has 0 unspecified atom stereocenters. The van der Waals surface area contributed by atoms with Crippen molar-refractivity contribution in [3.63, 3.8) is 0 Å². The Balaban J connectivity index is 2.30. The standard InChI is InChI=1S/C10H17N5O3/c1-3-7-13-9(15-14-7)10(17)12-6-8(16)11-4-5-18-2/h3-6H2,1-2H3,(H,11,16)(H,12,17)(H,13,14,15). The van der Waals surface area contributed by atoms with Gasteiger partial charge in [-0.25, -0.2) is 4.98 Å². The van der Waals surface area contributed by atoms with Crippen molar-refractivity contribution in [1.29, 1.82) is 0 Å². The first kappa shape index (κ1) is 14.1. The van der Waals surface area contributed by atoms with Crippen LogP contribution in [0.25, 0.3) is 0 Å². The van der Waals surface area contributed by atoms with E-state index in [1.165, 1.54) is 0 Å². The molecule has 3 N–H and O–H groups in total. The Morgan fingerprint density at radius 1 is 1.39 bits per heavy atom. The van der Waals surface area contributed by atoms with E-state index in [0.29, 0.717) is 25.4 Å². The van der Waals surface area contributed by atoms with Gasteiger partial charge in [-0.15, -0.1) is 5.10 Å². The van der Waals surface area contributed by atoms with Crippen LogP contribution in [-0.2, 0) is 16.0 Å². The molecule has 0 saturated carbocycles. The Labute approximate surface area is 105 Å². The fourth-order valence-corrected chi connectivity index (χ4v) is 1.15. The van der Waals surface area contributed by atoms with Crippen LogP contribution in [0.1, 0.15) is 23.4 Å². The van der Waals surface area contributed by atoms with E-state index in [1.54, 1.807) is 7.11 Å². The number of hydrogen-bond donors (Lipinski definition) is 3. The summed E-state index contributed by atoms with van der Waals surface area (Å²) in [6.07, 6.45) is 0.664. The Morgan fingerprint density at radius 3 is 2.78 bits per heavy atom. The number of rotatable bonds is 7. The molecule has 1 heterocycles. The molecule has 0 fully saturated rings. The third-order valence-electron chi connectivity index (χ3n) is 2.11. The van der Waals surface area contributed by atoms with Crippen LogP contribution in [0.3, 0.4) is 0 Å². The molecule has 2 amide bonds. The fourth-order valence-electron chi connectivity index (χ4n) is 1.15. The number of carbonyl (C=O) groups is 2. The normalized spacial score (nSPS) is 10.1. The number of nitrogens with zero attached hydrogens (tertiary/aromatic N) is 2. The maximum Gasteiger partial charge on any atom is 0.291 e. The average molecular weight is 255 g/mol. The highest BCUT2D eigenvalue weighted by Gasteiger charge is 2.12. The van der Waals surface area contributed by atoms with Gasteiger partial charge in [-0.2, -0.15) is 0 Å². The first-order valence-corrected chi connectivity index (χ1v) is 5.62. The van der Waals surface area contributed by atoms with Crippen LogP contribution in [0, 0.1) is 0 Å². The predicted molar refractivity (Wildman–Crippen MR) is 63.0 cm³/mol. The van der Waals surface area contributed by atoms with Crippen LogP contribution in [0.4, 0.5) is 0 Å². The number of hydrogen-bond acceptors (Lipinski definition) is 5. The zero-order valence-electron chi connectivity index (χ0n) is 10.4. The van der Waals surface area contributed by atoms with Gasteiger partial charge >= 0.3 is 0 Å². The van der Waals surface area contributed by atoms with Gasteiger partial charge in [0.2, 0.25) is 11.7 Å². The number of amides is 2. The molecule has 0 aliphatic carbocycles. The summed E-state index contributed by atoms with van der Waals surface area (Å²) >= 11 is 0. The number of aromatic amines is 1. The van der Waals surface area contributed by atoms with Crippen LogP contribution in [0.2, 0.25) is 0 Å². The lowest BCUT2D eigenvalue weighted by atomic mass is 10.4. The molecule has 0 saturated heterocycles. The number of H-pyrrole nitrogens is 1. The second-order valence-corrected chi connectivity index (χ2v) is 3.48. The van der Waals surface area contributed by atoms with Gasteiger partial charge in [0.25, 0.3) is 5.91 Å². The van der Waals surface area contributed by atoms with Gasteiger partial charge in [0.15, 0.2) is 0 Å². The lowest BCUT2D eigenvalue weighted by Crippen LogP contribution is -2.38. The molecule has 0 radical (unpaired) electrons. The van der Waals surface area contributed by atoms with E-state index < -0.39 is 5.91 Å². The molecule has 0 spiro atoms. The van der Waals surface area contributed by atoms with Crippen LogP contribution in [-0.4, -0.2) is 53.8 Å². The van der Waals surface area contributed by atoms with E-state index in [2.05, 4.69) is 25.8 Å². The van der Waals surface area contributed by atoms with Gasteiger partial charge in [0.1, 0.15) is 5.82 Å². The summed E-state index contributed by atoms with van der Waals surface area (Å²) in [7, 11) is 1.54. The van der Waals surface area contributed by atoms with Crippen molar-refractivity contribution in [2.45, 2.75) is 13.3 Å². The molecule has 1 aromatic rings. The molecule has 1 aromatic heterocycles. The summed E-state index contributed by atoms with van der Waals surface area (Å²) in [6, 6.07) is 0. The summed E-state index contributed by atoms with van der Waals surface area (Å²) in [6.45, 7) is 2.62. The van der Waals surface area contributed by atoms with Crippen molar-refractivity contribution < 1.29 is 14.3 Å². The van der Waals surface area contributed by atoms with Crippen molar-refractivity contribution in [2.75, 3.05) is 26.8 Å². The number of ether oxygens (including phenoxy) is 1. The zero-order chi connectivity index (χ0) is 13.4. The predicted octanol–water partition coefficient (Wildman–Crippen LogP) is -1.14. The first-order valence-electron chi connectivity index (χ1n) is 5.62. The van der Waals surface area contributed by atoms with Gasteiger partial charge in [-0.1, -0.05) is 6.92 Å². The highest BCUT2D eigenvalue weighted by atomic mass is 16.5. The van der Waals surface area contributed by atoms with E-state index in [0.717, 1.165) is 0 Å². The van der Waals surface area contributed by atoms with Crippen molar-refractivity contribution in [2.24, 2.45) is 0 Å². The molecule has 0 aliphatic rings. The van der Waals surface area contributed by atoms with Crippen molar-refractivity contribution in [3.05, 3.63) is 11.6 Å². The third-order valence-corrected chi connectivity index (χ3v) is 2.11. The molecule has 1 rings (SSSR count). The number of carbonyl (C=O) groups excluding carboxylic acids is 2. The average Bonchev–Trinajstić information content (AvgIpc) is 2.85. The lowest BCUT2D eigenvalue weighted by Gasteiger charge is -2.04. The summed E-state index contributed by atoms with van der Waals surface area (Å²) < 4.78 is 4.78. The maximum atomic E-state index is 11.5. The molecule has 8 heteroatoms. The van der Waals surface area contributed by atoms with Gasteiger partial charge in [0.05, 0.1) is 13.2 Å². The summed E-state index contributed by atoms with van der Waals surface area (Å²) in [5.41, 5.74) is 0. The van der Waals surface area contributed by atoms with E-state index in [4.69, 9.17) is 4.74 Å². The van der Waals surface area contributed by atoms with Crippen LogP contribution >= 0.6 is 0 Å². The SMILES string of the molecule is CCc1nc(C(=O)NCC(=O)NCCOC)n[nH]1. The largest absolute Gasteiger partial charge is 0.383 e. The van der Waals surface area contributed by atoms with Crippen LogP contribution < -0.4 is 10.6 Å². The maximum absolute atomic E-state index is 11.5. The monoisotopic (exact) mass is 255 g/mol. The quantitative estimate of drug-likeness (QED) is 0.534. The van der Waals surface area contributed by atoms with Crippen molar-refractivity contribution >= 4 is 11.8 Å². The molecular weight excluding hydrogens is 238 g/mol. The molecule has 0 bridgehead atoms. The second kappa shape index (κ2) is 7.38. The minimum absolute atomic E-state index is 0.0385. The highest BCUT2D eigenvalue weighted by Crippen LogP contribution is 1.92. The van der Waals surface area contributed by atoms with Gasteiger partial charge in [-0.3, -0.25) is 14.7 Å². The van der Waals surface area contributed by atoms with Gasteiger partial charge < -0.3 is 15.4 Å². The topological polar surface area (TPSA) is 109 Å². The molecule has 8 nitrogen and oxygen atoms in total. The van der Waals surface area contributed by atoms with Crippen molar-refractivity contribution in [3.8, 4) is 0 Å². The number of methoxy groups -OCH3 is 1. The Bertz CT molecular complexity index is 404. The van der Waals surface area contributed by atoms with Gasteiger partial charge in [-0.05, 0) is 0 Å². The minimum Gasteiger partial charge on any atom is -0.383 e. The van der Waals surface area contributed by atoms with E-state index in [1.807, 2.05) is 6.92 Å². The van der Waals surface area contributed by atoms with Crippen LogP contribution in [0.5, 0.6) is 0 Å². The summed E-state index contributed by atoms with van der Waals surface area (Å²) in [5.74, 6) is -0.0965. The van der Waals surface area contributed by atoms with E-state index in [-0.39, 0.29) is 18.3 Å². The Kier molecular flexibility index (Phi) is 5.78. The minimum atomic E-state index is -0.479. The number of aryl methyl sites for hydroxylation is 1. The molecule has 0 atom stereocenters. The molecule has 0 aliphatic heterocycles. The third kappa shape index (κ3) is 4.50. The highest BCUT2D eigenvalue weighted by molar-refractivity contribution is 5.93. The van der Waals surface area contributed by atoms with E-state index in [9.17, 15) is 9.59 Å². The fraction of sp³-hybridized carbons (Fsp3) is 0.600. The molecular formula is C10H17N5O3. The summed E-state index contributed by atoms with van der Waals surface area (Å²) in [4.78, 5) is 26.8. The molecule has 100 valence electrons. The van der Waals surface area contributed by atoms with Gasteiger partial charge in [0, 0.05) is 20.1 Å².